The first-order valence-corrected chi connectivity index (χ1v) is 6.93. The van der Waals surface area contributed by atoms with Gasteiger partial charge in [-0.15, -0.1) is 11.3 Å². The molecular weight excluding hydrogens is 260 g/mol. The van der Waals surface area contributed by atoms with Gasteiger partial charge in [-0.2, -0.15) is 0 Å². The van der Waals surface area contributed by atoms with Gasteiger partial charge in [0.05, 0.1) is 6.54 Å². The SMILES string of the molecule is CC(C)c1nccn1Cc1cc(C=CC(=O)O)cs1. The maximum Gasteiger partial charge on any atom is 0.328 e. The summed E-state index contributed by atoms with van der Waals surface area (Å²) in [5.41, 5.74) is 0.925. The van der Waals surface area contributed by atoms with Crippen LogP contribution in [0.25, 0.3) is 6.08 Å². The van der Waals surface area contributed by atoms with E-state index < -0.39 is 5.97 Å². The molecular formula is C14H16N2O2S. The number of thiophene rings is 1. The molecule has 2 aromatic heterocycles. The number of hydrogen-bond donors (Lipinski definition) is 1. The minimum Gasteiger partial charge on any atom is -0.478 e. The van der Waals surface area contributed by atoms with Gasteiger partial charge >= 0.3 is 5.97 Å². The average Bonchev–Trinajstić information content (AvgIpc) is 2.96. The van der Waals surface area contributed by atoms with Crippen molar-refractivity contribution in [2.75, 3.05) is 0 Å². The van der Waals surface area contributed by atoms with Crippen LogP contribution >= 0.6 is 11.3 Å². The predicted molar refractivity (Wildman–Crippen MR) is 76.4 cm³/mol. The third kappa shape index (κ3) is 3.54. The number of rotatable bonds is 5. The van der Waals surface area contributed by atoms with Crippen LogP contribution in [0.4, 0.5) is 0 Å². The molecule has 0 atom stereocenters. The van der Waals surface area contributed by atoms with Crippen molar-refractivity contribution >= 4 is 23.4 Å². The lowest BCUT2D eigenvalue weighted by atomic mass is 10.2. The minimum absolute atomic E-state index is 0.390. The summed E-state index contributed by atoms with van der Waals surface area (Å²) >= 11 is 1.63. The summed E-state index contributed by atoms with van der Waals surface area (Å²) < 4.78 is 2.13. The van der Waals surface area contributed by atoms with E-state index in [0.29, 0.717) is 5.92 Å². The van der Waals surface area contributed by atoms with Crippen LogP contribution < -0.4 is 0 Å². The van der Waals surface area contributed by atoms with E-state index >= 15 is 0 Å². The Labute approximate surface area is 116 Å². The van der Waals surface area contributed by atoms with E-state index in [-0.39, 0.29) is 0 Å². The molecule has 19 heavy (non-hydrogen) atoms. The van der Waals surface area contributed by atoms with E-state index in [4.69, 9.17) is 5.11 Å². The summed E-state index contributed by atoms with van der Waals surface area (Å²) in [7, 11) is 0. The number of aliphatic carboxylic acids is 1. The summed E-state index contributed by atoms with van der Waals surface area (Å²) in [5, 5.41) is 10.5. The molecule has 0 fully saturated rings. The van der Waals surface area contributed by atoms with Gasteiger partial charge in [-0.25, -0.2) is 9.78 Å². The van der Waals surface area contributed by atoms with Crippen molar-refractivity contribution in [3.63, 3.8) is 0 Å². The normalized spacial score (nSPS) is 11.5. The number of carboxylic acids is 1. The fourth-order valence-corrected chi connectivity index (χ4v) is 2.71. The van der Waals surface area contributed by atoms with E-state index in [9.17, 15) is 4.79 Å². The van der Waals surface area contributed by atoms with Gasteiger partial charge in [0, 0.05) is 29.3 Å². The van der Waals surface area contributed by atoms with Crippen LogP contribution in [0.5, 0.6) is 0 Å². The van der Waals surface area contributed by atoms with Gasteiger partial charge in [0.2, 0.25) is 0 Å². The van der Waals surface area contributed by atoms with Crippen molar-refractivity contribution in [1.82, 2.24) is 9.55 Å². The summed E-state index contributed by atoms with van der Waals surface area (Å²) in [6.07, 6.45) is 6.55. The zero-order valence-electron chi connectivity index (χ0n) is 10.9. The van der Waals surface area contributed by atoms with Crippen molar-refractivity contribution in [3.05, 3.63) is 46.2 Å². The van der Waals surface area contributed by atoms with Crippen molar-refractivity contribution < 1.29 is 9.90 Å². The largest absolute Gasteiger partial charge is 0.478 e. The van der Waals surface area contributed by atoms with Crippen LogP contribution in [-0.2, 0) is 11.3 Å². The van der Waals surface area contributed by atoms with Gasteiger partial charge in [-0.3, -0.25) is 0 Å². The molecule has 0 amide bonds. The van der Waals surface area contributed by atoms with Gasteiger partial charge < -0.3 is 9.67 Å². The zero-order chi connectivity index (χ0) is 13.8. The molecule has 0 spiro atoms. The number of carboxylic acid groups (broad SMARTS) is 1. The molecule has 0 aliphatic heterocycles. The quantitative estimate of drug-likeness (QED) is 0.853. The number of imidazole rings is 1. The van der Waals surface area contributed by atoms with E-state index in [1.807, 2.05) is 23.8 Å². The third-order valence-electron chi connectivity index (χ3n) is 2.68. The highest BCUT2D eigenvalue weighted by atomic mass is 32.1. The molecule has 0 bridgehead atoms. The first-order valence-electron chi connectivity index (χ1n) is 6.05. The maximum atomic E-state index is 10.5. The molecule has 2 heterocycles. The minimum atomic E-state index is -0.926. The fourth-order valence-electron chi connectivity index (χ4n) is 1.86. The van der Waals surface area contributed by atoms with Gasteiger partial charge in [-0.1, -0.05) is 13.8 Å². The molecule has 0 saturated carbocycles. The Hall–Kier alpha value is -1.88. The van der Waals surface area contributed by atoms with E-state index in [1.165, 1.54) is 4.88 Å². The maximum absolute atomic E-state index is 10.5. The van der Waals surface area contributed by atoms with Crippen LogP contribution in [0.1, 0.15) is 36.0 Å². The molecule has 0 aromatic carbocycles. The Balaban J connectivity index is 2.11. The molecule has 100 valence electrons. The van der Waals surface area contributed by atoms with Crippen LogP contribution in [0.3, 0.4) is 0 Å². The summed E-state index contributed by atoms with van der Waals surface area (Å²) in [6.45, 7) is 5.02. The van der Waals surface area contributed by atoms with Gasteiger partial charge in [0.25, 0.3) is 0 Å². The second-order valence-electron chi connectivity index (χ2n) is 4.59. The first-order chi connectivity index (χ1) is 9.06. The molecule has 0 unspecified atom stereocenters. The highest BCUT2D eigenvalue weighted by molar-refractivity contribution is 7.10. The molecule has 0 aliphatic carbocycles. The van der Waals surface area contributed by atoms with E-state index in [2.05, 4.69) is 23.4 Å². The Morgan fingerprint density at radius 3 is 3.05 bits per heavy atom. The Kier molecular flexibility index (Phi) is 4.16. The fraction of sp³-hybridized carbons (Fsp3) is 0.286. The molecule has 4 nitrogen and oxygen atoms in total. The average molecular weight is 276 g/mol. The molecule has 1 N–H and O–H groups in total. The summed E-state index contributed by atoms with van der Waals surface area (Å²) in [5.74, 6) is 0.529. The van der Waals surface area contributed by atoms with Crippen molar-refractivity contribution in [1.29, 1.82) is 0 Å². The van der Waals surface area contributed by atoms with Gasteiger partial charge in [0.1, 0.15) is 5.82 Å². The molecule has 5 heteroatoms. The smallest absolute Gasteiger partial charge is 0.328 e. The Morgan fingerprint density at radius 2 is 2.37 bits per heavy atom. The second-order valence-corrected chi connectivity index (χ2v) is 5.58. The Bertz CT molecular complexity index is 596. The zero-order valence-corrected chi connectivity index (χ0v) is 11.7. The van der Waals surface area contributed by atoms with E-state index in [0.717, 1.165) is 24.0 Å². The summed E-state index contributed by atoms with van der Waals surface area (Å²) in [4.78, 5) is 16.0. The van der Waals surface area contributed by atoms with Gasteiger partial charge in [0.15, 0.2) is 0 Å². The molecule has 0 aliphatic rings. The lowest BCUT2D eigenvalue weighted by Gasteiger charge is -2.08. The Morgan fingerprint density at radius 1 is 1.58 bits per heavy atom. The standard InChI is InChI=1S/C14H16N2O2S/c1-10(2)14-15-5-6-16(14)8-12-7-11(9-19-12)3-4-13(17)18/h3-7,9-10H,8H2,1-2H3,(H,17,18). The predicted octanol–water partition coefficient (Wildman–Crippen LogP) is 3.21. The number of hydrogen-bond acceptors (Lipinski definition) is 3. The van der Waals surface area contributed by atoms with Crippen molar-refractivity contribution in [2.45, 2.75) is 26.3 Å². The van der Waals surface area contributed by atoms with Crippen LogP contribution in [-0.4, -0.2) is 20.6 Å². The van der Waals surface area contributed by atoms with Crippen molar-refractivity contribution in [3.8, 4) is 0 Å². The summed E-state index contributed by atoms with van der Waals surface area (Å²) in [6, 6.07) is 2.01. The molecule has 0 saturated heterocycles. The van der Waals surface area contributed by atoms with E-state index in [1.54, 1.807) is 17.4 Å². The second kappa shape index (κ2) is 5.84. The van der Waals surface area contributed by atoms with Gasteiger partial charge in [-0.05, 0) is 23.1 Å². The third-order valence-corrected chi connectivity index (χ3v) is 3.62. The number of aromatic nitrogens is 2. The monoisotopic (exact) mass is 276 g/mol. The van der Waals surface area contributed by atoms with Crippen LogP contribution in [0.15, 0.2) is 29.9 Å². The number of carbonyl (C=O) groups is 1. The lowest BCUT2D eigenvalue weighted by molar-refractivity contribution is -0.131. The molecule has 2 rings (SSSR count). The molecule has 0 radical (unpaired) electrons. The van der Waals surface area contributed by atoms with Crippen LogP contribution in [0.2, 0.25) is 0 Å². The first kappa shape index (κ1) is 13.5. The highest BCUT2D eigenvalue weighted by Crippen LogP contribution is 2.20. The van der Waals surface area contributed by atoms with Crippen molar-refractivity contribution in [2.24, 2.45) is 0 Å². The van der Waals surface area contributed by atoms with Crippen LogP contribution in [0, 0.1) is 0 Å². The molecule has 2 aromatic rings. The highest BCUT2D eigenvalue weighted by Gasteiger charge is 2.08. The number of nitrogens with zero attached hydrogens (tertiary/aromatic N) is 2. The topological polar surface area (TPSA) is 55.1 Å². The lowest BCUT2D eigenvalue weighted by Crippen LogP contribution is -2.04.